The maximum atomic E-state index is 12.9. The average Bonchev–Trinajstić information content (AvgIpc) is 2.77. The molecule has 1 fully saturated rings. The maximum absolute atomic E-state index is 12.9. The first-order valence-corrected chi connectivity index (χ1v) is 9.36. The van der Waals surface area contributed by atoms with Gasteiger partial charge >= 0.3 is 0 Å². The van der Waals surface area contributed by atoms with E-state index in [1.165, 1.54) is 24.3 Å². The van der Waals surface area contributed by atoms with Crippen molar-refractivity contribution in [3.63, 3.8) is 0 Å². The van der Waals surface area contributed by atoms with Crippen molar-refractivity contribution >= 4 is 11.0 Å². The van der Waals surface area contributed by atoms with E-state index in [0.717, 1.165) is 6.26 Å². The lowest BCUT2D eigenvalue weighted by atomic mass is 9.99. The van der Waals surface area contributed by atoms with Gasteiger partial charge in [-0.25, -0.2) is 0 Å². The fourth-order valence-electron chi connectivity index (χ4n) is 3.39. The third-order valence-corrected chi connectivity index (χ3v) is 5.15. The monoisotopic (exact) mass is 432 g/mol. The van der Waals surface area contributed by atoms with Crippen LogP contribution in [0.5, 0.6) is 17.2 Å². The highest BCUT2D eigenvalue weighted by atomic mass is 16.7. The number of phenols is 2. The topological polar surface area (TPSA) is 170 Å². The van der Waals surface area contributed by atoms with Crippen molar-refractivity contribution in [2.45, 2.75) is 30.7 Å². The molecule has 10 nitrogen and oxygen atoms in total. The zero-order valence-electron chi connectivity index (χ0n) is 16.0. The van der Waals surface area contributed by atoms with Crippen molar-refractivity contribution in [2.24, 2.45) is 0 Å². The van der Waals surface area contributed by atoms with Gasteiger partial charge in [-0.15, -0.1) is 0 Å². The largest absolute Gasteiger partial charge is 0.508 e. The standard InChI is InChI=1S/C21H20O10/c22-7-14-16(25)18(27)19(28)21(31-14)30-13-6-5-11-15(24)12(8-29-20(11)17(13)26)9-1-3-10(23)4-2-9/h1-6,8,14,16,18-19,21-23,25-28H,7H2/t14-,16-,18+,19+,21-/m1/s1. The Morgan fingerprint density at radius 3 is 2.32 bits per heavy atom. The van der Waals surface area contributed by atoms with Gasteiger partial charge in [-0.05, 0) is 29.8 Å². The number of hydrogen-bond acceptors (Lipinski definition) is 10. The van der Waals surface area contributed by atoms with Crippen LogP contribution in [0.1, 0.15) is 0 Å². The summed E-state index contributed by atoms with van der Waals surface area (Å²) in [4.78, 5) is 12.9. The van der Waals surface area contributed by atoms with Crippen LogP contribution in [0.3, 0.4) is 0 Å². The molecule has 2 aromatic carbocycles. The van der Waals surface area contributed by atoms with Gasteiger partial charge in [0.2, 0.25) is 17.5 Å². The Morgan fingerprint density at radius 2 is 1.65 bits per heavy atom. The summed E-state index contributed by atoms with van der Waals surface area (Å²) in [5, 5.41) is 59.1. The van der Waals surface area contributed by atoms with Crippen LogP contribution in [0.2, 0.25) is 0 Å². The first-order valence-electron chi connectivity index (χ1n) is 9.36. The molecule has 31 heavy (non-hydrogen) atoms. The summed E-state index contributed by atoms with van der Waals surface area (Å²) in [7, 11) is 0. The highest BCUT2D eigenvalue weighted by molar-refractivity contribution is 5.87. The van der Waals surface area contributed by atoms with Crippen LogP contribution in [0.25, 0.3) is 22.1 Å². The highest BCUT2D eigenvalue weighted by Crippen LogP contribution is 2.36. The first-order chi connectivity index (χ1) is 14.8. The van der Waals surface area contributed by atoms with Crippen LogP contribution in [-0.2, 0) is 4.74 Å². The number of ether oxygens (including phenoxy) is 2. The predicted octanol–water partition coefficient (Wildman–Crippen LogP) is 0.0499. The molecule has 0 bridgehead atoms. The Hall–Kier alpha value is -3.15. The van der Waals surface area contributed by atoms with Crippen molar-refractivity contribution in [3.8, 4) is 28.4 Å². The van der Waals surface area contributed by atoms with Crippen molar-refractivity contribution < 1.29 is 44.5 Å². The van der Waals surface area contributed by atoms with E-state index >= 15 is 0 Å². The van der Waals surface area contributed by atoms with Gasteiger partial charge in [0.15, 0.2) is 11.3 Å². The lowest BCUT2D eigenvalue weighted by Gasteiger charge is -2.39. The van der Waals surface area contributed by atoms with Gasteiger partial charge < -0.3 is 44.5 Å². The molecule has 4 rings (SSSR count). The molecule has 1 aliphatic rings. The highest BCUT2D eigenvalue weighted by Gasteiger charge is 2.45. The second kappa shape index (κ2) is 8.17. The Kier molecular flexibility index (Phi) is 5.56. The summed E-state index contributed by atoms with van der Waals surface area (Å²) in [5.41, 5.74) is 0.125. The summed E-state index contributed by atoms with van der Waals surface area (Å²) in [6.07, 6.45) is -6.41. The van der Waals surface area contributed by atoms with Crippen LogP contribution < -0.4 is 10.2 Å². The van der Waals surface area contributed by atoms with Crippen LogP contribution in [0, 0.1) is 0 Å². The van der Waals surface area contributed by atoms with E-state index in [4.69, 9.17) is 13.9 Å². The summed E-state index contributed by atoms with van der Waals surface area (Å²) >= 11 is 0. The van der Waals surface area contributed by atoms with E-state index in [0.29, 0.717) is 5.56 Å². The van der Waals surface area contributed by atoms with E-state index in [1.807, 2.05) is 0 Å². The molecule has 0 amide bonds. The SMILES string of the molecule is O=c1c(-c2ccc(O)cc2)coc2c(O)c(O[C@@H]3O[C@H](CO)[C@@H](O)[C@H](O)[C@@H]3O)ccc12. The van der Waals surface area contributed by atoms with E-state index in [2.05, 4.69) is 0 Å². The van der Waals surface area contributed by atoms with Gasteiger partial charge in [-0.1, -0.05) is 12.1 Å². The fourth-order valence-corrected chi connectivity index (χ4v) is 3.39. The second-order valence-corrected chi connectivity index (χ2v) is 7.13. The lowest BCUT2D eigenvalue weighted by Crippen LogP contribution is -2.60. The zero-order chi connectivity index (χ0) is 22.3. The van der Waals surface area contributed by atoms with Gasteiger partial charge in [0.05, 0.1) is 17.6 Å². The minimum absolute atomic E-state index is 0.0431. The molecular weight excluding hydrogens is 412 g/mol. The molecule has 3 aromatic rings. The minimum atomic E-state index is -1.67. The molecule has 0 saturated carbocycles. The molecule has 10 heteroatoms. The third kappa shape index (κ3) is 3.71. The van der Waals surface area contributed by atoms with E-state index in [-0.39, 0.29) is 28.0 Å². The molecule has 1 aromatic heterocycles. The number of benzene rings is 2. The van der Waals surface area contributed by atoms with Crippen molar-refractivity contribution in [2.75, 3.05) is 6.61 Å². The second-order valence-electron chi connectivity index (χ2n) is 7.13. The summed E-state index contributed by atoms with van der Waals surface area (Å²) in [6, 6.07) is 8.55. The van der Waals surface area contributed by atoms with E-state index < -0.39 is 48.5 Å². The minimum Gasteiger partial charge on any atom is -0.508 e. The molecule has 0 unspecified atom stereocenters. The predicted molar refractivity (Wildman–Crippen MR) is 106 cm³/mol. The molecule has 0 radical (unpaired) electrons. The van der Waals surface area contributed by atoms with Crippen molar-refractivity contribution in [3.05, 3.63) is 52.9 Å². The maximum Gasteiger partial charge on any atom is 0.229 e. The van der Waals surface area contributed by atoms with Gasteiger partial charge in [0.1, 0.15) is 36.4 Å². The Morgan fingerprint density at radius 1 is 0.935 bits per heavy atom. The number of rotatable bonds is 4. The number of phenolic OH excluding ortho intramolecular Hbond substituents is 2. The number of aliphatic hydroxyl groups excluding tert-OH is 4. The molecule has 6 N–H and O–H groups in total. The van der Waals surface area contributed by atoms with E-state index in [9.17, 15) is 35.4 Å². The van der Waals surface area contributed by atoms with Crippen LogP contribution in [-0.4, -0.2) is 68.0 Å². The zero-order valence-corrected chi connectivity index (χ0v) is 16.0. The number of fused-ring (bicyclic) bond motifs is 1. The third-order valence-electron chi connectivity index (χ3n) is 5.15. The normalized spacial score (nSPS) is 26.1. The number of aromatic hydroxyl groups is 2. The summed E-state index contributed by atoms with van der Waals surface area (Å²) in [5.74, 6) is -0.706. The summed E-state index contributed by atoms with van der Waals surface area (Å²) in [6.45, 7) is -0.635. The molecule has 5 atom stereocenters. The average molecular weight is 432 g/mol. The molecule has 0 spiro atoms. The smallest absolute Gasteiger partial charge is 0.229 e. The molecule has 1 saturated heterocycles. The van der Waals surface area contributed by atoms with Crippen LogP contribution in [0.4, 0.5) is 0 Å². The van der Waals surface area contributed by atoms with Crippen molar-refractivity contribution in [1.82, 2.24) is 0 Å². The quantitative estimate of drug-likeness (QED) is 0.331. The fraction of sp³-hybridized carbons (Fsp3) is 0.286. The van der Waals surface area contributed by atoms with Gasteiger partial charge in [0.25, 0.3) is 0 Å². The first kappa shape index (κ1) is 21.1. The molecule has 2 heterocycles. The Bertz CT molecular complexity index is 1140. The van der Waals surface area contributed by atoms with Gasteiger partial charge in [0, 0.05) is 0 Å². The van der Waals surface area contributed by atoms with Crippen LogP contribution in [0.15, 0.2) is 51.9 Å². The van der Waals surface area contributed by atoms with Gasteiger partial charge in [-0.3, -0.25) is 4.79 Å². The molecule has 164 valence electrons. The Balaban J connectivity index is 1.68. The molecule has 0 aliphatic carbocycles. The number of hydrogen-bond donors (Lipinski definition) is 6. The lowest BCUT2D eigenvalue weighted by molar-refractivity contribution is -0.277. The summed E-state index contributed by atoms with van der Waals surface area (Å²) < 4.78 is 16.1. The van der Waals surface area contributed by atoms with Gasteiger partial charge in [-0.2, -0.15) is 0 Å². The molecular formula is C21H20O10. The van der Waals surface area contributed by atoms with E-state index in [1.54, 1.807) is 12.1 Å². The van der Waals surface area contributed by atoms with Crippen molar-refractivity contribution in [1.29, 1.82) is 0 Å². The number of aliphatic hydroxyl groups is 4. The molecule has 1 aliphatic heterocycles. The Labute approximate surface area is 174 Å². The van der Waals surface area contributed by atoms with Crippen LogP contribution >= 0.6 is 0 Å².